The molecule has 2 aromatic carbocycles. The fourth-order valence-corrected chi connectivity index (χ4v) is 4.62. The molecule has 7 nitrogen and oxygen atoms in total. The topological polar surface area (TPSA) is 104 Å². The van der Waals surface area contributed by atoms with Crippen molar-refractivity contribution in [1.29, 1.82) is 0 Å². The lowest BCUT2D eigenvalue weighted by atomic mass is 9.83. The van der Waals surface area contributed by atoms with Crippen LogP contribution in [-0.2, 0) is 25.5 Å². The van der Waals surface area contributed by atoms with E-state index in [1.807, 2.05) is 48.7 Å². The third-order valence-corrected chi connectivity index (χ3v) is 6.10. The van der Waals surface area contributed by atoms with Crippen molar-refractivity contribution in [2.24, 2.45) is 0 Å². The Morgan fingerprint density at radius 2 is 1.58 bits per heavy atom. The number of aryl methyl sites for hydroxylation is 1. The largest absolute Gasteiger partial charge is 0.469 e. The van der Waals surface area contributed by atoms with Crippen LogP contribution in [0.2, 0.25) is 0 Å². The molecule has 0 bridgehead atoms. The van der Waals surface area contributed by atoms with Gasteiger partial charge in [-0.1, -0.05) is 36.4 Å². The molecule has 4 aromatic rings. The molecular formula is C24H21N3O4. The lowest BCUT2D eigenvalue weighted by molar-refractivity contribution is -0.140. The van der Waals surface area contributed by atoms with Gasteiger partial charge in [-0.2, -0.15) is 0 Å². The normalized spacial score (nSPS) is 18.6. The molecule has 0 unspecified atom stereocenters. The Morgan fingerprint density at radius 1 is 0.903 bits per heavy atom. The number of carbonyl (C=O) groups is 3. The van der Waals surface area contributed by atoms with Gasteiger partial charge in [-0.25, -0.2) is 0 Å². The second-order valence-corrected chi connectivity index (χ2v) is 7.76. The van der Waals surface area contributed by atoms with E-state index in [0.29, 0.717) is 6.42 Å². The molecule has 0 spiro atoms. The first-order valence-electron chi connectivity index (χ1n) is 10.1. The number of amides is 2. The summed E-state index contributed by atoms with van der Waals surface area (Å²) in [5.41, 5.74) is 4.33. The first-order valence-corrected chi connectivity index (χ1v) is 10.1. The van der Waals surface area contributed by atoms with Gasteiger partial charge in [0, 0.05) is 40.6 Å². The molecule has 1 saturated heterocycles. The zero-order chi connectivity index (χ0) is 21.5. The molecule has 2 amide bonds. The Kier molecular flexibility index (Phi) is 4.58. The summed E-state index contributed by atoms with van der Waals surface area (Å²) in [6.07, 6.45) is 4.41. The van der Waals surface area contributed by atoms with E-state index in [2.05, 4.69) is 15.3 Å². The molecule has 2 aromatic heterocycles. The number of hydrogen-bond acceptors (Lipinski definition) is 4. The van der Waals surface area contributed by atoms with Crippen molar-refractivity contribution >= 4 is 39.6 Å². The summed E-state index contributed by atoms with van der Waals surface area (Å²) >= 11 is 0. The predicted molar refractivity (Wildman–Crippen MR) is 116 cm³/mol. The molecule has 7 heteroatoms. The third-order valence-electron chi connectivity index (χ3n) is 6.10. The van der Waals surface area contributed by atoms with Crippen LogP contribution in [0.15, 0.2) is 54.9 Å². The van der Waals surface area contributed by atoms with Gasteiger partial charge in [0.15, 0.2) is 0 Å². The van der Waals surface area contributed by atoms with Crippen molar-refractivity contribution in [3.8, 4) is 0 Å². The monoisotopic (exact) mass is 415 g/mol. The van der Waals surface area contributed by atoms with E-state index in [9.17, 15) is 14.4 Å². The smallest absolute Gasteiger partial charge is 0.305 e. The highest BCUT2D eigenvalue weighted by Crippen LogP contribution is 2.43. The van der Waals surface area contributed by atoms with Crippen molar-refractivity contribution in [3.05, 3.63) is 71.5 Å². The van der Waals surface area contributed by atoms with Crippen molar-refractivity contribution in [3.63, 3.8) is 0 Å². The number of aromatic amines is 2. The number of nitrogens with one attached hydrogen (secondary N) is 3. The number of hydrogen-bond donors (Lipinski definition) is 3. The standard InChI is InChI=1S/C24H21N3O4/c1-31-19(28)10-9-13-5-4-7-15-17(12-26-22(13)15)21-20(23(29)27-24(21)30)16-11-25-18-8-3-2-6-14(16)18/h2-8,11-12,20-21,25-26H,9-10H2,1H3,(H,27,29,30)/t20-,21-/m0/s1. The van der Waals surface area contributed by atoms with Gasteiger partial charge in [-0.05, 0) is 29.2 Å². The Labute approximate surface area is 177 Å². The molecule has 0 aliphatic carbocycles. The predicted octanol–water partition coefficient (Wildman–Crippen LogP) is 3.28. The summed E-state index contributed by atoms with van der Waals surface area (Å²) in [6.45, 7) is 0. The van der Waals surface area contributed by atoms with Crippen LogP contribution in [-0.4, -0.2) is 34.9 Å². The molecule has 31 heavy (non-hydrogen) atoms. The van der Waals surface area contributed by atoms with Crippen molar-refractivity contribution in [2.75, 3.05) is 7.11 Å². The first-order chi connectivity index (χ1) is 15.1. The van der Waals surface area contributed by atoms with Crippen molar-refractivity contribution in [1.82, 2.24) is 15.3 Å². The molecule has 3 heterocycles. The van der Waals surface area contributed by atoms with Gasteiger partial charge < -0.3 is 14.7 Å². The van der Waals surface area contributed by atoms with Gasteiger partial charge in [0.1, 0.15) is 0 Å². The van der Waals surface area contributed by atoms with Gasteiger partial charge >= 0.3 is 5.97 Å². The van der Waals surface area contributed by atoms with E-state index >= 15 is 0 Å². The maximum Gasteiger partial charge on any atom is 0.305 e. The third kappa shape index (κ3) is 3.09. The average Bonchev–Trinajstić information content (AvgIpc) is 3.46. The van der Waals surface area contributed by atoms with Crippen LogP contribution in [0.4, 0.5) is 0 Å². The van der Waals surface area contributed by atoms with Crippen LogP contribution in [0.5, 0.6) is 0 Å². The van der Waals surface area contributed by atoms with Gasteiger partial charge in [0.05, 0.1) is 18.9 Å². The summed E-state index contributed by atoms with van der Waals surface area (Å²) in [4.78, 5) is 43.8. The number of carbonyl (C=O) groups excluding carboxylic acids is 3. The molecule has 2 atom stereocenters. The Bertz CT molecular complexity index is 1330. The number of H-pyrrole nitrogens is 2. The summed E-state index contributed by atoms with van der Waals surface area (Å²) in [7, 11) is 1.37. The summed E-state index contributed by atoms with van der Waals surface area (Å²) in [5, 5.41) is 4.33. The second-order valence-electron chi connectivity index (χ2n) is 7.76. The molecule has 3 N–H and O–H groups in total. The Hall–Kier alpha value is -3.87. The zero-order valence-corrected chi connectivity index (χ0v) is 16.9. The SMILES string of the molecule is COC(=O)CCc1cccc2c([C@@H]3C(=O)NC(=O)[C@H]3c3c[nH]c4ccccc34)c[nH]c12. The minimum absolute atomic E-state index is 0.268. The fourth-order valence-electron chi connectivity index (χ4n) is 4.62. The number of esters is 1. The first kappa shape index (κ1) is 19.1. The number of para-hydroxylation sites is 2. The van der Waals surface area contributed by atoms with Crippen molar-refractivity contribution in [2.45, 2.75) is 24.7 Å². The highest BCUT2D eigenvalue weighted by Gasteiger charge is 2.45. The van der Waals surface area contributed by atoms with Gasteiger partial charge in [0.2, 0.25) is 11.8 Å². The number of fused-ring (bicyclic) bond motifs is 2. The molecular weight excluding hydrogens is 394 g/mol. The van der Waals surface area contributed by atoms with E-state index in [1.165, 1.54) is 7.11 Å². The highest BCUT2D eigenvalue weighted by molar-refractivity contribution is 6.13. The van der Waals surface area contributed by atoms with Gasteiger partial charge in [0.25, 0.3) is 0 Å². The molecule has 1 aliphatic rings. The minimum Gasteiger partial charge on any atom is -0.469 e. The molecule has 0 saturated carbocycles. The fraction of sp³-hybridized carbons (Fsp3) is 0.208. The second kappa shape index (κ2) is 7.43. The summed E-state index contributed by atoms with van der Waals surface area (Å²) < 4.78 is 4.74. The number of aromatic nitrogens is 2. The van der Waals surface area contributed by atoms with Crippen LogP contribution in [0.25, 0.3) is 21.8 Å². The van der Waals surface area contributed by atoms with Crippen LogP contribution in [0, 0.1) is 0 Å². The number of rotatable bonds is 5. The van der Waals surface area contributed by atoms with Crippen molar-refractivity contribution < 1.29 is 19.1 Å². The van der Waals surface area contributed by atoms with E-state index in [-0.39, 0.29) is 24.2 Å². The number of ether oxygens (including phenoxy) is 1. The molecule has 1 aliphatic heterocycles. The van der Waals surface area contributed by atoms with Gasteiger partial charge in [-0.15, -0.1) is 0 Å². The molecule has 1 fully saturated rings. The molecule has 0 radical (unpaired) electrons. The van der Waals surface area contributed by atoms with Gasteiger partial charge in [-0.3, -0.25) is 19.7 Å². The highest BCUT2D eigenvalue weighted by atomic mass is 16.5. The number of methoxy groups -OCH3 is 1. The number of benzene rings is 2. The van der Waals surface area contributed by atoms with Crippen LogP contribution in [0.3, 0.4) is 0 Å². The molecule has 156 valence electrons. The van der Waals surface area contributed by atoms with E-state index in [1.54, 1.807) is 6.20 Å². The Balaban J connectivity index is 1.59. The van der Waals surface area contributed by atoms with E-state index < -0.39 is 11.8 Å². The van der Waals surface area contributed by atoms with Crippen LogP contribution < -0.4 is 5.32 Å². The van der Waals surface area contributed by atoms with Crippen LogP contribution >= 0.6 is 0 Å². The maximum absolute atomic E-state index is 12.9. The van der Waals surface area contributed by atoms with Crippen LogP contribution in [0.1, 0.15) is 34.9 Å². The van der Waals surface area contributed by atoms with E-state index in [0.717, 1.165) is 38.5 Å². The van der Waals surface area contributed by atoms with E-state index in [4.69, 9.17) is 4.74 Å². The zero-order valence-electron chi connectivity index (χ0n) is 16.9. The lowest BCUT2D eigenvalue weighted by Crippen LogP contribution is -2.21. The minimum atomic E-state index is -0.642. The maximum atomic E-state index is 12.9. The Morgan fingerprint density at radius 3 is 2.35 bits per heavy atom. The summed E-state index contributed by atoms with van der Waals surface area (Å²) in [5.74, 6) is -2.14. The average molecular weight is 415 g/mol. The quantitative estimate of drug-likeness (QED) is 0.344. The lowest BCUT2D eigenvalue weighted by Gasteiger charge is -2.15. The summed E-state index contributed by atoms with van der Waals surface area (Å²) in [6, 6.07) is 13.5. The number of imide groups is 1. The molecule has 5 rings (SSSR count).